The van der Waals surface area contributed by atoms with Crippen molar-refractivity contribution in [2.24, 2.45) is 0 Å². The average Bonchev–Trinajstić information content (AvgIpc) is 2.14. The van der Waals surface area contributed by atoms with Crippen LogP contribution in [0.2, 0.25) is 0 Å². The summed E-state index contributed by atoms with van der Waals surface area (Å²) in [5.74, 6) is 0. The van der Waals surface area contributed by atoms with Gasteiger partial charge in [0.15, 0.2) is 19.2 Å². The van der Waals surface area contributed by atoms with Crippen molar-refractivity contribution in [3.8, 4) is 0 Å². The van der Waals surface area contributed by atoms with Crippen LogP contribution in [0.5, 0.6) is 0 Å². The molecular weight excluding hydrogens is 194 g/mol. The highest BCUT2D eigenvalue weighted by molar-refractivity contribution is 7.96. The van der Waals surface area contributed by atoms with Gasteiger partial charge in [0.05, 0.1) is 0 Å². The minimum absolute atomic E-state index is 0. The number of rotatable bonds is 1. The van der Waals surface area contributed by atoms with E-state index in [1.54, 1.807) is 0 Å². The van der Waals surface area contributed by atoms with Crippen LogP contribution in [0.3, 0.4) is 0 Å². The van der Waals surface area contributed by atoms with Crippen molar-refractivity contribution < 1.29 is 0 Å². The maximum absolute atomic E-state index is 4.94. The molecule has 1 unspecified atom stereocenters. The summed E-state index contributed by atoms with van der Waals surface area (Å²) in [6, 6.07) is 0. The molecular formula is C5H12Cl2PS+. The fraction of sp³-hybridized carbons (Fsp3) is 1.00. The molecule has 0 amide bonds. The molecule has 1 rings (SSSR count). The van der Waals surface area contributed by atoms with Crippen molar-refractivity contribution in [1.82, 2.24) is 0 Å². The molecule has 4 heteroatoms. The van der Waals surface area contributed by atoms with Gasteiger partial charge in [-0.15, -0.1) is 24.8 Å². The van der Waals surface area contributed by atoms with Gasteiger partial charge in [0.2, 0.25) is 0 Å². The van der Waals surface area contributed by atoms with Crippen molar-refractivity contribution >= 4 is 44.0 Å². The van der Waals surface area contributed by atoms with E-state index in [1.165, 1.54) is 25.7 Å². The first-order chi connectivity index (χ1) is 3.43. The molecule has 0 radical (unpaired) electrons. The zero-order valence-electron chi connectivity index (χ0n) is 5.13. The average molecular weight is 206 g/mol. The van der Waals surface area contributed by atoms with Gasteiger partial charge >= 0.3 is 0 Å². The molecule has 0 bridgehead atoms. The second-order valence-electron chi connectivity index (χ2n) is 2.10. The van der Waals surface area contributed by atoms with Crippen LogP contribution in [0.25, 0.3) is 0 Å². The summed E-state index contributed by atoms with van der Waals surface area (Å²) in [5, 5.41) is 0. The third kappa shape index (κ3) is 4.50. The largest absolute Gasteiger partial charge is 0.163 e. The molecule has 1 atom stereocenters. The highest BCUT2D eigenvalue weighted by Gasteiger charge is 2.17. The maximum Gasteiger partial charge on any atom is 0.163 e. The molecule has 0 heterocycles. The summed E-state index contributed by atoms with van der Waals surface area (Å²) in [7, 11) is 0.795. The number of hydrogen-bond acceptors (Lipinski definition) is 1. The smallest absolute Gasteiger partial charge is 0.147 e. The molecule has 0 aliphatic heterocycles. The van der Waals surface area contributed by atoms with Gasteiger partial charge in [-0.2, -0.15) is 0 Å². The van der Waals surface area contributed by atoms with Crippen molar-refractivity contribution in [2.45, 2.75) is 31.3 Å². The fourth-order valence-corrected chi connectivity index (χ4v) is 2.39. The van der Waals surface area contributed by atoms with Gasteiger partial charge in [0, 0.05) is 0 Å². The lowest BCUT2D eigenvalue weighted by Crippen LogP contribution is -1.83. The van der Waals surface area contributed by atoms with Gasteiger partial charge in [-0.05, 0) is 25.7 Å². The van der Waals surface area contributed by atoms with Crippen molar-refractivity contribution in [1.29, 1.82) is 0 Å². The quantitative estimate of drug-likeness (QED) is 0.594. The predicted molar refractivity (Wildman–Crippen MR) is 52.4 cm³/mol. The molecule has 0 saturated heterocycles. The Labute approximate surface area is 75.4 Å². The van der Waals surface area contributed by atoms with Crippen LogP contribution < -0.4 is 0 Å². The van der Waals surface area contributed by atoms with E-state index in [9.17, 15) is 0 Å². The van der Waals surface area contributed by atoms with Gasteiger partial charge < -0.3 is 0 Å². The maximum atomic E-state index is 4.94. The molecule has 0 aromatic rings. The summed E-state index contributed by atoms with van der Waals surface area (Å²) < 4.78 is 0. The first-order valence-corrected chi connectivity index (χ1v) is 5.02. The molecule has 1 fully saturated rings. The second-order valence-corrected chi connectivity index (χ2v) is 3.86. The minimum atomic E-state index is 0. The summed E-state index contributed by atoms with van der Waals surface area (Å²) in [6.07, 6.45) is 5.71. The van der Waals surface area contributed by atoms with E-state index in [2.05, 4.69) is 0 Å². The molecule has 0 N–H and O–H groups in total. The number of halogens is 2. The van der Waals surface area contributed by atoms with Crippen molar-refractivity contribution in [3.63, 3.8) is 0 Å². The Kier molecular flexibility index (Phi) is 10.2. The lowest BCUT2D eigenvalue weighted by molar-refractivity contribution is 0.886. The van der Waals surface area contributed by atoms with Gasteiger partial charge in [-0.25, -0.2) is 0 Å². The second kappa shape index (κ2) is 7.21. The van der Waals surface area contributed by atoms with Crippen LogP contribution in [-0.4, -0.2) is 5.66 Å². The molecule has 9 heavy (non-hydrogen) atoms. The Morgan fingerprint density at radius 2 is 1.56 bits per heavy atom. The van der Waals surface area contributed by atoms with Crippen molar-refractivity contribution in [3.05, 3.63) is 0 Å². The Balaban J connectivity index is 0. The van der Waals surface area contributed by atoms with Crippen LogP contribution in [0.1, 0.15) is 25.7 Å². The molecule has 1 aliphatic carbocycles. The van der Waals surface area contributed by atoms with Crippen LogP contribution in [-0.2, 0) is 11.8 Å². The van der Waals surface area contributed by atoms with Gasteiger partial charge in [0.25, 0.3) is 0 Å². The Bertz CT molecular complexity index is 73.4. The SMILES string of the molecule is Cl.Cl.S=[PH+]C1CCCC1. The Morgan fingerprint density at radius 1 is 1.11 bits per heavy atom. The molecule has 0 aromatic heterocycles. The van der Waals surface area contributed by atoms with Gasteiger partial charge in [-0.1, -0.05) is 0 Å². The molecule has 0 spiro atoms. The van der Waals surface area contributed by atoms with Crippen LogP contribution >= 0.6 is 32.2 Å². The number of hydrogen-bond donors (Lipinski definition) is 0. The highest BCUT2D eigenvalue weighted by Crippen LogP contribution is 2.27. The Morgan fingerprint density at radius 3 is 1.78 bits per heavy atom. The zero-order valence-corrected chi connectivity index (χ0v) is 8.58. The van der Waals surface area contributed by atoms with Crippen LogP contribution in [0.4, 0.5) is 0 Å². The summed E-state index contributed by atoms with van der Waals surface area (Å²) >= 11 is 4.94. The summed E-state index contributed by atoms with van der Waals surface area (Å²) in [6.45, 7) is 0. The third-order valence-electron chi connectivity index (χ3n) is 1.52. The van der Waals surface area contributed by atoms with E-state index >= 15 is 0 Å². The van der Waals surface area contributed by atoms with E-state index in [4.69, 9.17) is 11.8 Å². The normalized spacial score (nSPS) is 18.7. The fourth-order valence-electron chi connectivity index (χ4n) is 1.04. The van der Waals surface area contributed by atoms with Crippen LogP contribution in [0.15, 0.2) is 0 Å². The Hall–Kier alpha value is 1.10. The highest BCUT2D eigenvalue weighted by atomic mass is 35.5. The molecule has 1 saturated carbocycles. The lowest BCUT2D eigenvalue weighted by atomic mass is 10.4. The lowest BCUT2D eigenvalue weighted by Gasteiger charge is -1.82. The van der Waals surface area contributed by atoms with E-state index < -0.39 is 0 Å². The summed E-state index contributed by atoms with van der Waals surface area (Å²) in [4.78, 5) is 0. The topological polar surface area (TPSA) is 0 Å². The standard InChI is InChI=1S/C5H9PS.2ClH/c7-6-5-3-1-2-4-5;;/h5H,1-4H2;2*1H/p+1. The minimum Gasteiger partial charge on any atom is -0.147 e. The predicted octanol–water partition coefficient (Wildman–Crippen LogP) is 2.91. The van der Waals surface area contributed by atoms with E-state index in [1.807, 2.05) is 0 Å². The first kappa shape index (κ1) is 12.7. The molecule has 0 nitrogen and oxygen atoms in total. The van der Waals surface area contributed by atoms with E-state index in [0.717, 1.165) is 13.0 Å². The third-order valence-corrected chi connectivity index (χ3v) is 3.43. The van der Waals surface area contributed by atoms with Crippen molar-refractivity contribution in [2.75, 3.05) is 0 Å². The molecule has 0 aromatic carbocycles. The van der Waals surface area contributed by atoms with Crippen LogP contribution in [0, 0.1) is 0 Å². The van der Waals surface area contributed by atoms with Gasteiger partial charge in [0.1, 0.15) is 5.66 Å². The molecule has 1 aliphatic rings. The van der Waals surface area contributed by atoms with E-state index in [0.29, 0.717) is 0 Å². The molecule has 56 valence electrons. The zero-order chi connectivity index (χ0) is 5.11. The first-order valence-electron chi connectivity index (χ1n) is 2.81. The monoisotopic (exact) mass is 205 g/mol. The summed E-state index contributed by atoms with van der Waals surface area (Å²) in [5.41, 5.74) is 0.940. The van der Waals surface area contributed by atoms with E-state index in [-0.39, 0.29) is 24.8 Å². The van der Waals surface area contributed by atoms with Gasteiger partial charge in [-0.3, -0.25) is 0 Å².